The molecule has 3 N–H and O–H groups in total. The van der Waals surface area contributed by atoms with Gasteiger partial charge in [-0.1, -0.05) is 13.8 Å². The van der Waals surface area contributed by atoms with Crippen LogP contribution in [-0.4, -0.2) is 11.8 Å². The van der Waals surface area contributed by atoms with Crippen LogP contribution in [0.4, 0.5) is 5.69 Å². The summed E-state index contributed by atoms with van der Waals surface area (Å²) < 4.78 is 0. The Balaban J connectivity index is 3.17. The van der Waals surface area contributed by atoms with E-state index in [0.717, 1.165) is 5.56 Å². The predicted octanol–water partition coefficient (Wildman–Crippen LogP) is 1.87. The van der Waals surface area contributed by atoms with E-state index in [1.807, 2.05) is 13.8 Å². The molecule has 0 radical (unpaired) electrons. The Kier molecular flexibility index (Phi) is 3.66. The summed E-state index contributed by atoms with van der Waals surface area (Å²) in [5, 5.41) is 2.68. The lowest BCUT2D eigenvalue weighted by Crippen LogP contribution is -2.15. The molecule has 0 fully saturated rings. The van der Waals surface area contributed by atoms with Crippen LogP contribution < -0.4 is 11.1 Å². The van der Waals surface area contributed by atoms with Gasteiger partial charge in [-0.15, -0.1) is 0 Å². The number of nitrogens with two attached hydrogens (primary N) is 1. The van der Waals surface area contributed by atoms with E-state index in [4.69, 9.17) is 5.73 Å². The van der Waals surface area contributed by atoms with E-state index in [1.54, 1.807) is 18.2 Å². The summed E-state index contributed by atoms with van der Waals surface area (Å²) in [5.74, 6) is -0.407. The molecule has 0 atom stereocenters. The monoisotopic (exact) mass is 220 g/mol. The Labute approximate surface area is 94.8 Å². The Morgan fingerprint density at radius 3 is 2.38 bits per heavy atom. The molecule has 4 heteroatoms. The van der Waals surface area contributed by atoms with E-state index in [1.165, 1.54) is 6.92 Å². The second-order valence-electron chi connectivity index (χ2n) is 4.00. The molecule has 0 spiro atoms. The first-order chi connectivity index (χ1) is 7.41. The second-order valence-corrected chi connectivity index (χ2v) is 4.00. The number of carbonyl (C=O) groups is 2. The number of rotatable bonds is 3. The summed E-state index contributed by atoms with van der Waals surface area (Å²) in [6, 6.07) is 5.10. The highest BCUT2D eigenvalue weighted by Gasteiger charge is 2.12. The molecule has 0 aliphatic rings. The quantitative estimate of drug-likeness (QED) is 0.816. The molecule has 16 heavy (non-hydrogen) atoms. The summed E-state index contributed by atoms with van der Waals surface area (Å²) >= 11 is 0. The number of benzene rings is 1. The Bertz CT molecular complexity index is 425. The molecule has 86 valence electrons. The number of nitrogens with one attached hydrogen (secondary N) is 1. The molecule has 1 aromatic rings. The van der Waals surface area contributed by atoms with Gasteiger partial charge in [0.2, 0.25) is 11.8 Å². The Hall–Kier alpha value is -1.84. The standard InChI is InChI=1S/C12H16N2O2/c1-7(2)11-6-9(14-8(3)15)4-5-10(11)12(13)16/h4-7H,1-3H3,(H2,13,16)(H,14,15). The zero-order valence-electron chi connectivity index (χ0n) is 9.70. The number of amides is 2. The zero-order chi connectivity index (χ0) is 12.3. The highest BCUT2D eigenvalue weighted by atomic mass is 16.1. The molecule has 2 amide bonds. The minimum absolute atomic E-state index is 0.137. The van der Waals surface area contributed by atoms with E-state index in [-0.39, 0.29) is 11.8 Å². The molecule has 0 aromatic heterocycles. The third kappa shape index (κ3) is 2.82. The molecule has 4 nitrogen and oxygen atoms in total. The van der Waals surface area contributed by atoms with Crippen molar-refractivity contribution in [2.24, 2.45) is 5.73 Å². The van der Waals surface area contributed by atoms with Gasteiger partial charge in [0.15, 0.2) is 0 Å². The number of anilines is 1. The van der Waals surface area contributed by atoms with Gasteiger partial charge < -0.3 is 11.1 Å². The molecular formula is C12H16N2O2. The molecule has 0 aliphatic heterocycles. The first kappa shape index (κ1) is 12.2. The van der Waals surface area contributed by atoms with Gasteiger partial charge in [-0.2, -0.15) is 0 Å². The van der Waals surface area contributed by atoms with Crippen LogP contribution in [0, 0.1) is 0 Å². The maximum atomic E-state index is 11.2. The fraction of sp³-hybridized carbons (Fsp3) is 0.333. The molecule has 0 saturated heterocycles. The number of primary amides is 1. The third-order valence-electron chi connectivity index (χ3n) is 2.26. The number of carbonyl (C=O) groups excluding carboxylic acids is 2. The SMILES string of the molecule is CC(=O)Nc1ccc(C(N)=O)c(C(C)C)c1. The van der Waals surface area contributed by atoms with Crippen molar-refractivity contribution in [1.82, 2.24) is 0 Å². The third-order valence-corrected chi connectivity index (χ3v) is 2.26. The Morgan fingerprint density at radius 1 is 1.31 bits per heavy atom. The van der Waals surface area contributed by atoms with Gasteiger partial charge in [0.05, 0.1) is 0 Å². The van der Waals surface area contributed by atoms with E-state index < -0.39 is 5.91 Å². The van der Waals surface area contributed by atoms with Gasteiger partial charge in [-0.3, -0.25) is 9.59 Å². The highest BCUT2D eigenvalue weighted by Crippen LogP contribution is 2.23. The van der Waals surface area contributed by atoms with Crippen LogP contribution in [0.25, 0.3) is 0 Å². The van der Waals surface area contributed by atoms with Crippen LogP contribution >= 0.6 is 0 Å². The average molecular weight is 220 g/mol. The van der Waals surface area contributed by atoms with Gasteiger partial charge in [-0.25, -0.2) is 0 Å². The maximum absolute atomic E-state index is 11.2. The first-order valence-electron chi connectivity index (χ1n) is 5.13. The van der Waals surface area contributed by atoms with Crippen molar-refractivity contribution < 1.29 is 9.59 Å². The Morgan fingerprint density at radius 2 is 1.94 bits per heavy atom. The maximum Gasteiger partial charge on any atom is 0.248 e. The smallest absolute Gasteiger partial charge is 0.248 e. The fourth-order valence-electron chi connectivity index (χ4n) is 1.55. The second kappa shape index (κ2) is 4.79. The van der Waals surface area contributed by atoms with Crippen LogP contribution in [0.5, 0.6) is 0 Å². The van der Waals surface area contributed by atoms with Gasteiger partial charge in [0.25, 0.3) is 0 Å². The number of hydrogen-bond donors (Lipinski definition) is 2. The molecule has 0 heterocycles. The van der Waals surface area contributed by atoms with Crippen molar-refractivity contribution in [2.45, 2.75) is 26.7 Å². The normalized spacial score (nSPS) is 10.2. The molecule has 0 unspecified atom stereocenters. The lowest BCUT2D eigenvalue weighted by atomic mass is 9.96. The van der Waals surface area contributed by atoms with Crippen LogP contribution in [0.2, 0.25) is 0 Å². The molecular weight excluding hydrogens is 204 g/mol. The van der Waals surface area contributed by atoms with Crippen molar-refractivity contribution in [3.8, 4) is 0 Å². The summed E-state index contributed by atoms with van der Waals surface area (Å²) in [7, 11) is 0. The summed E-state index contributed by atoms with van der Waals surface area (Å²) in [5.41, 5.74) is 7.31. The lowest BCUT2D eigenvalue weighted by Gasteiger charge is -2.12. The van der Waals surface area contributed by atoms with Gasteiger partial charge in [-0.05, 0) is 29.7 Å². The molecule has 1 rings (SSSR count). The minimum Gasteiger partial charge on any atom is -0.366 e. The summed E-state index contributed by atoms with van der Waals surface area (Å²) in [6.45, 7) is 5.38. The van der Waals surface area contributed by atoms with Crippen LogP contribution in [0.15, 0.2) is 18.2 Å². The van der Waals surface area contributed by atoms with E-state index in [2.05, 4.69) is 5.32 Å². The number of hydrogen-bond acceptors (Lipinski definition) is 2. The largest absolute Gasteiger partial charge is 0.366 e. The van der Waals surface area contributed by atoms with Crippen molar-refractivity contribution >= 4 is 17.5 Å². The fourth-order valence-corrected chi connectivity index (χ4v) is 1.55. The van der Waals surface area contributed by atoms with E-state index in [9.17, 15) is 9.59 Å². The van der Waals surface area contributed by atoms with E-state index in [0.29, 0.717) is 11.3 Å². The van der Waals surface area contributed by atoms with Crippen molar-refractivity contribution in [3.05, 3.63) is 29.3 Å². The molecule has 0 saturated carbocycles. The molecule has 1 aromatic carbocycles. The first-order valence-corrected chi connectivity index (χ1v) is 5.13. The van der Waals surface area contributed by atoms with Crippen molar-refractivity contribution in [3.63, 3.8) is 0 Å². The average Bonchev–Trinajstić information content (AvgIpc) is 2.16. The van der Waals surface area contributed by atoms with Crippen molar-refractivity contribution in [1.29, 1.82) is 0 Å². The van der Waals surface area contributed by atoms with E-state index >= 15 is 0 Å². The summed E-state index contributed by atoms with van der Waals surface area (Å²) in [6.07, 6.45) is 0. The van der Waals surface area contributed by atoms with Gasteiger partial charge in [0.1, 0.15) is 0 Å². The van der Waals surface area contributed by atoms with Crippen LogP contribution in [-0.2, 0) is 4.79 Å². The summed E-state index contributed by atoms with van der Waals surface area (Å²) in [4.78, 5) is 22.1. The topological polar surface area (TPSA) is 72.2 Å². The van der Waals surface area contributed by atoms with Gasteiger partial charge >= 0.3 is 0 Å². The van der Waals surface area contributed by atoms with Crippen LogP contribution in [0.3, 0.4) is 0 Å². The van der Waals surface area contributed by atoms with Gasteiger partial charge in [0, 0.05) is 18.2 Å². The zero-order valence-corrected chi connectivity index (χ0v) is 9.70. The minimum atomic E-state index is -0.446. The van der Waals surface area contributed by atoms with Crippen molar-refractivity contribution in [2.75, 3.05) is 5.32 Å². The van der Waals surface area contributed by atoms with Crippen LogP contribution in [0.1, 0.15) is 42.6 Å². The molecule has 0 bridgehead atoms. The predicted molar refractivity (Wildman–Crippen MR) is 63.4 cm³/mol. The highest BCUT2D eigenvalue weighted by molar-refractivity contribution is 5.96. The lowest BCUT2D eigenvalue weighted by molar-refractivity contribution is -0.114. The molecule has 0 aliphatic carbocycles.